The Morgan fingerprint density at radius 3 is 2.71 bits per heavy atom. The molecule has 4 rings (SSSR count). The Morgan fingerprint density at radius 1 is 1.21 bits per heavy atom. The molecule has 34 heavy (non-hydrogen) atoms. The van der Waals surface area contributed by atoms with Crippen molar-refractivity contribution in [1.29, 1.82) is 0 Å². The van der Waals surface area contributed by atoms with Crippen molar-refractivity contribution in [3.05, 3.63) is 71.8 Å². The molecule has 1 aromatic heterocycles. The molecule has 0 saturated carbocycles. The van der Waals surface area contributed by atoms with Crippen LogP contribution in [0.1, 0.15) is 42.0 Å². The Hall–Kier alpha value is -3.72. The van der Waals surface area contributed by atoms with E-state index in [1.807, 2.05) is 48.5 Å². The van der Waals surface area contributed by atoms with E-state index in [9.17, 15) is 14.7 Å². The van der Waals surface area contributed by atoms with E-state index in [1.54, 1.807) is 25.6 Å². The van der Waals surface area contributed by atoms with E-state index in [0.29, 0.717) is 30.8 Å². The zero-order chi connectivity index (χ0) is 24.3. The van der Waals surface area contributed by atoms with E-state index in [2.05, 4.69) is 15.4 Å². The first kappa shape index (κ1) is 23.4. The molecule has 0 saturated heterocycles. The molecule has 1 aliphatic heterocycles. The van der Waals surface area contributed by atoms with Crippen LogP contribution in [0.5, 0.6) is 5.75 Å². The third-order valence-corrected chi connectivity index (χ3v) is 5.68. The van der Waals surface area contributed by atoms with Gasteiger partial charge in [0.1, 0.15) is 24.7 Å². The van der Waals surface area contributed by atoms with Gasteiger partial charge in [-0.15, -0.1) is 5.10 Å². The van der Waals surface area contributed by atoms with E-state index in [-0.39, 0.29) is 18.3 Å². The summed E-state index contributed by atoms with van der Waals surface area (Å²) < 4.78 is 7.43. The number of carbonyl (C=O) groups is 2. The molecular formula is C25H29N5O4. The molecule has 9 heteroatoms. The van der Waals surface area contributed by atoms with Crippen molar-refractivity contribution < 1.29 is 19.4 Å². The molecule has 0 fully saturated rings. The second kappa shape index (κ2) is 9.64. The van der Waals surface area contributed by atoms with E-state index < -0.39 is 17.6 Å². The Labute approximate surface area is 198 Å². The minimum absolute atomic E-state index is 0.00431. The summed E-state index contributed by atoms with van der Waals surface area (Å²) in [6.45, 7) is 4.01. The highest BCUT2D eigenvalue weighted by Gasteiger charge is 2.31. The number of anilines is 1. The van der Waals surface area contributed by atoms with Crippen molar-refractivity contribution in [1.82, 2.24) is 20.1 Å². The van der Waals surface area contributed by atoms with Gasteiger partial charge >= 0.3 is 0 Å². The Balaban J connectivity index is 1.42. The fourth-order valence-electron chi connectivity index (χ4n) is 3.72. The highest BCUT2D eigenvalue weighted by molar-refractivity contribution is 6.02. The maximum Gasteiger partial charge on any atom is 0.291 e. The van der Waals surface area contributed by atoms with Crippen molar-refractivity contribution in [3.63, 3.8) is 0 Å². The van der Waals surface area contributed by atoms with Crippen molar-refractivity contribution >= 4 is 17.5 Å². The molecule has 2 N–H and O–H groups in total. The van der Waals surface area contributed by atoms with Crippen LogP contribution in [0, 0.1) is 0 Å². The van der Waals surface area contributed by atoms with Gasteiger partial charge in [-0.3, -0.25) is 9.59 Å². The topological polar surface area (TPSA) is 110 Å². The summed E-state index contributed by atoms with van der Waals surface area (Å²) in [4.78, 5) is 31.4. The van der Waals surface area contributed by atoms with Crippen LogP contribution in [0.25, 0.3) is 0 Å². The lowest BCUT2D eigenvalue weighted by Gasteiger charge is -2.21. The number of ether oxygens (including phenoxy) is 1. The molecule has 0 unspecified atom stereocenters. The maximum absolute atomic E-state index is 13.1. The van der Waals surface area contributed by atoms with Crippen molar-refractivity contribution in [2.75, 3.05) is 18.6 Å². The number of hydrogen-bond donors (Lipinski definition) is 2. The molecule has 1 aliphatic rings. The molecule has 2 heterocycles. The molecule has 178 valence electrons. The van der Waals surface area contributed by atoms with E-state index in [4.69, 9.17) is 4.74 Å². The number of aliphatic hydroxyl groups is 1. The highest BCUT2D eigenvalue weighted by atomic mass is 16.5. The average Bonchev–Trinajstić information content (AvgIpc) is 3.24. The lowest BCUT2D eigenvalue weighted by molar-refractivity contribution is -0.120. The summed E-state index contributed by atoms with van der Waals surface area (Å²) in [5, 5.41) is 16.9. The van der Waals surface area contributed by atoms with Crippen LogP contribution in [0.3, 0.4) is 0 Å². The van der Waals surface area contributed by atoms with Gasteiger partial charge < -0.3 is 20.1 Å². The summed E-state index contributed by atoms with van der Waals surface area (Å²) in [5.41, 5.74) is 1.87. The number of benzene rings is 2. The first-order valence-electron chi connectivity index (χ1n) is 11.2. The average molecular weight is 464 g/mol. The molecular weight excluding hydrogens is 434 g/mol. The van der Waals surface area contributed by atoms with Crippen molar-refractivity contribution in [3.8, 4) is 5.75 Å². The zero-order valence-electron chi connectivity index (χ0n) is 19.6. The predicted molar refractivity (Wildman–Crippen MR) is 127 cm³/mol. The number of nitrogens with one attached hydrogen (secondary N) is 1. The molecule has 0 bridgehead atoms. The highest BCUT2D eigenvalue weighted by Crippen LogP contribution is 2.32. The molecule has 2 aromatic carbocycles. The van der Waals surface area contributed by atoms with Gasteiger partial charge in [-0.05, 0) is 49.9 Å². The minimum atomic E-state index is -0.884. The van der Waals surface area contributed by atoms with Crippen LogP contribution >= 0.6 is 0 Å². The molecule has 0 spiro atoms. The summed E-state index contributed by atoms with van der Waals surface area (Å²) >= 11 is 0. The number of amides is 2. The number of carbonyl (C=O) groups excluding carboxylic acids is 2. The van der Waals surface area contributed by atoms with Gasteiger partial charge in [0.25, 0.3) is 11.8 Å². The molecule has 2 amide bonds. The quantitative estimate of drug-likeness (QED) is 0.556. The first-order valence-corrected chi connectivity index (χ1v) is 11.2. The first-order chi connectivity index (χ1) is 16.2. The van der Waals surface area contributed by atoms with Gasteiger partial charge in [0, 0.05) is 7.05 Å². The number of nitrogens with zero attached hydrogens (tertiary/aromatic N) is 4. The van der Waals surface area contributed by atoms with Gasteiger partial charge in [-0.25, -0.2) is 9.67 Å². The minimum Gasteiger partial charge on any atom is -0.489 e. The number of rotatable bonds is 7. The molecule has 3 aromatic rings. The number of aryl methyl sites for hydroxylation is 1. The van der Waals surface area contributed by atoms with Crippen LogP contribution in [-0.2, 0) is 17.8 Å². The Morgan fingerprint density at radius 2 is 1.97 bits per heavy atom. The van der Waals surface area contributed by atoms with Crippen LogP contribution in [0.4, 0.5) is 5.69 Å². The standard InChI is InChI=1S/C25H29N5O4/c1-25(2,33)12-11-17-9-10-21-20(13-17)29(3)24(32)19(15-34-21)27-23(31)22-26-16-30(28-22)14-18-7-5-4-6-8-18/h4-10,13,16,19,33H,11-12,14-15H2,1-3H3,(H,27,31)/t19-/m0/s1. The van der Waals surface area contributed by atoms with Crippen LogP contribution in [-0.4, -0.2) is 57.0 Å². The third-order valence-electron chi connectivity index (χ3n) is 5.68. The summed E-state index contributed by atoms with van der Waals surface area (Å²) in [6.07, 6.45) is 2.74. The fourth-order valence-corrected chi connectivity index (χ4v) is 3.72. The van der Waals surface area contributed by atoms with Crippen LogP contribution in [0.2, 0.25) is 0 Å². The Kier molecular flexibility index (Phi) is 6.65. The van der Waals surface area contributed by atoms with Crippen molar-refractivity contribution in [2.24, 2.45) is 0 Å². The largest absolute Gasteiger partial charge is 0.489 e. The van der Waals surface area contributed by atoms with Gasteiger partial charge in [-0.1, -0.05) is 36.4 Å². The number of aromatic nitrogens is 3. The van der Waals surface area contributed by atoms with Gasteiger partial charge in [0.05, 0.1) is 17.8 Å². The number of likely N-dealkylation sites (N-methyl/N-ethyl adjacent to an activating group) is 1. The van der Waals surface area contributed by atoms with E-state index >= 15 is 0 Å². The second-order valence-corrected chi connectivity index (χ2v) is 9.10. The number of hydrogen-bond acceptors (Lipinski definition) is 6. The molecule has 1 atom stereocenters. The van der Waals surface area contributed by atoms with Gasteiger partial charge in [0.2, 0.25) is 5.82 Å². The third kappa shape index (κ3) is 5.60. The zero-order valence-corrected chi connectivity index (χ0v) is 19.6. The van der Waals surface area contributed by atoms with Gasteiger partial charge in [0.15, 0.2) is 0 Å². The van der Waals surface area contributed by atoms with Crippen molar-refractivity contribution in [2.45, 2.75) is 44.9 Å². The predicted octanol–water partition coefficient (Wildman–Crippen LogP) is 2.18. The maximum atomic E-state index is 13.1. The monoisotopic (exact) mass is 463 g/mol. The molecule has 0 aliphatic carbocycles. The number of fused-ring (bicyclic) bond motifs is 1. The van der Waals surface area contributed by atoms with Crippen LogP contribution < -0.4 is 15.0 Å². The second-order valence-electron chi connectivity index (χ2n) is 9.10. The van der Waals surface area contributed by atoms with E-state index in [1.165, 1.54) is 11.2 Å². The summed E-state index contributed by atoms with van der Waals surface area (Å²) in [7, 11) is 1.65. The Bertz CT molecular complexity index is 1170. The SMILES string of the molecule is CN1C(=O)[C@@H](NC(=O)c2ncn(Cc3ccccc3)n2)COc2ccc(CCC(C)(C)O)cc21. The lowest BCUT2D eigenvalue weighted by atomic mass is 9.98. The summed E-state index contributed by atoms with van der Waals surface area (Å²) in [5.74, 6) is -0.290. The van der Waals surface area contributed by atoms with E-state index in [0.717, 1.165) is 11.1 Å². The van der Waals surface area contributed by atoms with Gasteiger partial charge in [-0.2, -0.15) is 0 Å². The van der Waals surface area contributed by atoms with Crippen LogP contribution in [0.15, 0.2) is 54.9 Å². The fraction of sp³-hybridized carbons (Fsp3) is 0.360. The normalized spacial score (nSPS) is 15.9. The summed E-state index contributed by atoms with van der Waals surface area (Å²) in [6, 6.07) is 14.5. The molecule has 9 nitrogen and oxygen atoms in total. The smallest absolute Gasteiger partial charge is 0.291 e. The molecule has 0 radical (unpaired) electrons. The lowest BCUT2D eigenvalue weighted by Crippen LogP contribution is -2.49.